The van der Waals surface area contributed by atoms with Crippen molar-refractivity contribution in [3.05, 3.63) is 28.2 Å². The van der Waals surface area contributed by atoms with Crippen molar-refractivity contribution in [2.75, 3.05) is 6.54 Å². The van der Waals surface area contributed by atoms with E-state index in [0.29, 0.717) is 5.75 Å². The summed E-state index contributed by atoms with van der Waals surface area (Å²) in [6, 6.07) is 5.52. The Kier molecular flexibility index (Phi) is 4.90. The second-order valence-electron chi connectivity index (χ2n) is 3.85. The van der Waals surface area contributed by atoms with Crippen molar-refractivity contribution in [1.29, 1.82) is 0 Å². The van der Waals surface area contributed by atoms with Crippen molar-refractivity contribution >= 4 is 28.3 Å². The number of hydrogen-bond acceptors (Lipinski definition) is 2. The van der Waals surface area contributed by atoms with Crippen LogP contribution in [0.3, 0.4) is 0 Å². The van der Waals surface area contributed by atoms with Crippen molar-refractivity contribution < 1.29 is 5.11 Å². The molecule has 0 radical (unpaired) electrons. The molecule has 4 heteroatoms. The van der Waals surface area contributed by atoms with Crippen molar-refractivity contribution in [1.82, 2.24) is 5.32 Å². The summed E-state index contributed by atoms with van der Waals surface area (Å²) in [6.07, 6.45) is 2.72. The Hall–Kier alpha value is -0.250. The standard InChI is InChI=1S/C11H14BrNO.ClH/c12-10-3-4-11(14)9(5-10)7-13-6-8-1-2-8;/h3-5,8,13-14H,1-2,6-7H2;1H. The summed E-state index contributed by atoms with van der Waals surface area (Å²) in [5.74, 6) is 1.25. The van der Waals surface area contributed by atoms with Crippen LogP contribution >= 0.6 is 28.3 Å². The van der Waals surface area contributed by atoms with Gasteiger partial charge in [0, 0.05) is 16.6 Å². The van der Waals surface area contributed by atoms with Crippen LogP contribution in [0.1, 0.15) is 18.4 Å². The Morgan fingerprint density at radius 2 is 2.13 bits per heavy atom. The van der Waals surface area contributed by atoms with E-state index in [4.69, 9.17) is 0 Å². The molecule has 0 aliphatic heterocycles. The zero-order valence-corrected chi connectivity index (χ0v) is 10.8. The Bertz CT molecular complexity index is 328. The third kappa shape index (κ3) is 4.01. The topological polar surface area (TPSA) is 32.3 Å². The maximum atomic E-state index is 9.55. The average Bonchev–Trinajstić information content (AvgIpc) is 2.95. The molecule has 0 spiro atoms. The third-order valence-corrected chi connectivity index (χ3v) is 2.98. The normalized spacial score (nSPS) is 14.7. The lowest BCUT2D eigenvalue weighted by Crippen LogP contribution is -2.16. The predicted molar refractivity (Wildman–Crippen MR) is 67.5 cm³/mol. The molecule has 0 bridgehead atoms. The summed E-state index contributed by atoms with van der Waals surface area (Å²) in [6.45, 7) is 1.83. The first-order chi connectivity index (χ1) is 6.75. The van der Waals surface area contributed by atoms with Gasteiger partial charge in [-0.05, 0) is 43.5 Å². The summed E-state index contributed by atoms with van der Waals surface area (Å²) in [4.78, 5) is 0. The van der Waals surface area contributed by atoms with Gasteiger partial charge in [-0.25, -0.2) is 0 Å². The van der Waals surface area contributed by atoms with Gasteiger partial charge in [0.1, 0.15) is 5.75 Å². The van der Waals surface area contributed by atoms with Crippen LogP contribution in [0.4, 0.5) is 0 Å². The number of benzene rings is 1. The third-order valence-electron chi connectivity index (χ3n) is 2.49. The predicted octanol–water partition coefficient (Wildman–Crippen LogP) is 3.08. The summed E-state index contributed by atoms with van der Waals surface area (Å²) in [5.41, 5.74) is 0.958. The molecular weight excluding hydrogens is 277 g/mol. The molecule has 2 N–H and O–H groups in total. The molecule has 1 fully saturated rings. The minimum Gasteiger partial charge on any atom is -0.508 e. The molecule has 2 nitrogen and oxygen atoms in total. The molecule has 0 amide bonds. The summed E-state index contributed by atoms with van der Waals surface area (Å²) >= 11 is 3.39. The van der Waals surface area contributed by atoms with Gasteiger partial charge in [-0.3, -0.25) is 0 Å². The number of phenolic OH excluding ortho intramolecular Hbond substituents is 1. The molecule has 1 aromatic rings. The molecule has 0 saturated heterocycles. The van der Waals surface area contributed by atoms with E-state index in [1.165, 1.54) is 12.8 Å². The van der Waals surface area contributed by atoms with Gasteiger partial charge >= 0.3 is 0 Å². The molecule has 1 aliphatic rings. The maximum Gasteiger partial charge on any atom is 0.120 e. The Labute approximate surface area is 105 Å². The van der Waals surface area contributed by atoms with E-state index in [9.17, 15) is 5.11 Å². The molecule has 0 aromatic heterocycles. The SMILES string of the molecule is Cl.Oc1ccc(Br)cc1CNCC1CC1. The van der Waals surface area contributed by atoms with E-state index in [1.807, 2.05) is 12.1 Å². The zero-order valence-electron chi connectivity index (χ0n) is 8.37. The molecule has 15 heavy (non-hydrogen) atoms. The van der Waals surface area contributed by atoms with Crippen LogP contribution in [0.2, 0.25) is 0 Å². The van der Waals surface area contributed by atoms with Crippen LogP contribution in [0.25, 0.3) is 0 Å². The molecule has 0 atom stereocenters. The van der Waals surface area contributed by atoms with E-state index in [0.717, 1.165) is 29.0 Å². The van der Waals surface area contributed by atoms with E-state index in [2.05, 4.69) is 21.2 Å². The quantitative estimate of drug-likeness (QED) is 0.894. The fourth-order valence-electron chi connectivity index (χ4n) is 1.43. The molecule has 1 aliphatic carbocycles. The van der Waals surface area contributed by atoms with E-state index in [-0.39, 0.29) is 12.4 Å². The number of rotatable bonds is 4. The number of aromatic hydroxyl groups is 1. The van der Waals surface area contributed by atoms with Crippen LogP contribution in [0, 0.1) is 5.92 Å². The molecule has 2 rings (SSSR count). The van der Waals surface area contributed by atoms with Gasteiger partial charge in [0.15, 0.2) is 0 Å². The molecule has 0 heterocycles. The lowest BCUT2D eigenvalue weighted by Gasteiger charge is -2.06. The van der Waals surface area contributed by atoms with E-state index >= 15 is 0 Å². The van der Waals surface area contributed by atoms with Gasteiger partial charge in [0.05, 0.1) is 0 Å². The highest BCUT2D eigenvalue weighted by atomic mass is 79.9. The Balaban J connectivity index is 0.00000112. The van der Waals surface area contributed by atoms with Crippen molar-refractivity contribution in [2.24, 2.45) is 5.92 Å². The van der Waals surface area contributed by atoms with Gasteiger partial charge in [0.2, 0.25) is 0 Å². The second kappa shape index (κ2) is 5.73. The summed E-state index contributed by atoms with van der Waals surface area (Å²) in [5, 5.41) is 12.9. The van der Waals surface area contributed by atoms with Gasteiger partial charge in [-0.15, -0.1) is 12.4 Å². The average molecular weight is 293 g/mol. The first-order valence-electron chi connectivity index (χ1n) is 4.94. The largest absolute Gasteiger partial charge is 0.508 e. The highest BCUT2D eigenvalue weighted by molar-refractivity contribution is 9.10. The number of nitrogens with one attached hydrogen (secondary N) is 1. The van der Waals surface area contributed by atoms with Gasteiger partial charge in [-0.2, -0.15) is 0 Å². The second-order valence-corrected chi connectivity index (χ2v) is 4.76. The highest BCUT2D eigenvalue weighted by Gasteiger charge is 2.20. The van der Waals surface area contributed by atoms with E-state index < -0.39 is 0 Å². The highest BCUT2D eigenvalue weighted by Crippen LogP contribution is 2.28. The number of hydrogen-bond donors (Lipinski definition) is 2. The van der Waals surface area contributed by atoms with Crippen molar-refractivity contribution in [3.8, 4) is 5.75 Å². The maximum absolute atomic E-state index is 9.55. The lowest BCUT2D eigenvalue weighted by molar-refractivity contribution is 0.463. The van der Waals surface area contributed by atoms with Crippen LogP contribution < -0.4 is 5.32 Å². The fourth-order valence-corrected chi connectivity index (χ4v) is 1.84. The Morgan fingerprint density at radius 3 is 2.80 bits per heavy atom. The minimum absolute atomic E-state index is 0. The van der Waals surface area contributed by atoms with Crippen LogP contribution in [-0.2, 0) is 6.54 Å². The van der Waals surface area contributed by atoms with Gasteiger partial charge in [-0.1, -0.05) is 15.9 Å². The van der Waals surface area contributed by atoms with Gasteiger partial charge in [0.25, 0.3) is 0 Å². The summed E-state index contributed by atoms with van der Waals surface area (Å²) in [7, 11) is 0. The van der Waals surface area contributed by atoms with Crippen LogP contribution in [0.15, 0.2) is 22.7 Å². The van der Waals surface area contributed by atoms with Crippen LogP contribution in [0.5, 0.6) is 5.75 Å². The molecular formula is C11H15BrClNO. The monoisotopic (exact) mass is 291 g/mol. The van der Waals surface area contributed by atoms with Crippen molar-refractivity contribution in [2.45, 2.75) is 19.4 Å². The molecule has 1 saturated carbocycles. The smallest absolute Gasteiger partial charge is 0.120 e. The van der Waals surface area contributed by atoms with E-state index in [1.54, 1.807) is 6.07 Å². The lowest BCUT2D eigenvalue weighted by atomic mass is 10.2. The minimum atomic E-state index is 0. The molecule has 0 unspecified atom stereocenters. The summed E-state index contributed by atoms with van der Waals surface area (Å²) < 4.78 is 1.01. The fraction of sp³-hybridized carbons (Fsp3) is 0.455. The first-order valence-corrected chi connectivity index (χ1v) is 5.73. The van der Waals surface area contributed by atoms with Crippen molar-refractivity contribution in [3.63, 3.8) is 0 Å². The molecule has 84 valence electrons. The van der Waals surface area contributed by atoms with Crippen LogP contribution in [-0.4, -0.2) is 11.7 Å². The zero-order chi connectivity index (χ0) is 9.97. The molecule has 1 aromatic carbocycles. The Morgan fingerprint density at radius 1 is 1.40 bits per heavy atom. The number of phenols is 1. The number of halogens is 2. The first kappa shape index (κ1) is 12.8. The van der Waals surface area contributed by atoms with Gasteiger partial charge < -0.3 is 10.4 Å².